The van der Waals surface area contributed by atoms with Gasteiger partial charge in [0.2, 0.25) is 0 Å². The second kappa shape index (κ2) is 7.94. The minimum Gasteiger partial charge on any atom is -0.508 e. The molecule has 0 saturated heterocycles. The zero-order chi connectivity index (χ0) is 20.2. The van der Waals surface area contributed by atoms with Crippen molar-refractivity contribution in [1.82, 2.24) is 9.55 Å². The van der Waals surface area contributed by atoms with Gasteiger partial charge in [0, 0.05) is 24.6 Å². The third-order valence-corrected chi connectivity index (χ3v) is 4.77. The van der Waals surface area contributed by atoms with Crippen LogP contribution in [0.15, 0.2) is 91.5 Å². The Morgan fingerprint density at radius 2 is 1.28 bits per heavy atom. The average Bonchev–Trinajstić information content (AvgIpc) is 3.24. The summed E-state index contributed by atoms with van der Waals surface area (Å²) in [6, 6.07) is 22.0. The van der Waals surface area contributed by atoms with Crippen LogP contribution in [0, 0.1) is 0 Å². The molecule has 3 aromatic carbocycles. The van der Waals surface area contributed by atoms with Gasteiger partial charge in [0.25, 0.3) is 0 Å². The van der Waals surface area contributed by atoms with Gasteiger partial charge in [-0.25, -0.2) is 4.98 Å². The number of aromatic nitrogens is 2. The first-order valence-corrected chi connectivity index (χ1v) is 9.24. The summed E-state index contributed by atoms with van der Waals surface area (Å²) >= 11 is 0. The third-order valence-electron chi connectivity index (χ3n) is 4.77. The highest BCUT2D eigenvalue weighted by Gasteiger charge is 2.15. The van der Waals surface area contributed by atoms with Crippen LogP contribution >= 0.6 is 0 Å². The molecule has 0 aliphatic carbocycles. The predicted molar refractivity (Wildman–Crippen MR) is 115 cm³/mol. The van der Waals surface area contributed by atoms with Crippen molar-refractivity contribution in [3.8, 4) is 11.5 Å². The van der Waals surface area contributed by atoms with Crippen LogP contribution in [0.25, 0.3) is 11.1 Å². The normalized spacial score (nSPS) is 10.6. The SMILES string of the molecule is Nc1ccc(C(Cn2ccnc2)=C(c2ccc(O)cc2)c2ccc(O)cc2)cc1. The molecule has 4 rings (SSSR count). The van der Waals surface area contributed by atoms with Crippen molar-refractivity contribution in [2.24, 2.45) is 0 Å². The number of aromatic hydroxyl groups is 2. The summed E-state index contributed by atoms with van der Waals surface area (Å²) < 4.78 is 2.01. The van der Waals surface area contributed by atoms with Gasteiger partial charge in [0.1, 0.15) is 11.5 Å². The minimum atomic E-state index is 0.211. The van der Waals surface area contributed by atoms with Crippen LogP contribution in [-0.2, 0) is 6.54 Å². The Labute approximate surface area is 169 Å². The Morgan fingerprint density at radius 1 is 0.759 bits per heavy atom. The highest BCUT2D eigenvalue weighted by molar-refractivity contribution is 5.98. The molecule has 1 heterocycles. The van der Waals surface area contributed by atoms with Crippen LogP contribution < -0.4 is 5.73 Å². The van der Waals surface area contributed by atoms with Crippen LogP contribution in [-0.4, -0.2) is 19.8 Å². The van der Waals surface area contributed by atoms with Crippen LogP contribution in [0.3, 0.4) is 0 Å². The molecule has 0 aliphatic heterocycles. The maximum Gasteiger partial charge on any atom is 0.115 e. The van der Waals surface area contributed by atoms with Crippen molar-refractivity contribution in [3.63, 3.8) is 0 Å². The number of hydrogen-bond donors (Lipinski definition) is 3. The van der Waals surface area contributed by atoms with Crippen LogP contribution in [0.1, 0.15) is 16.7 Å². The number of anilines is 1. The zero-order valence-electron chi connectivity index (χ0n) is 15.7. The van der Waals surface area contributed by atoms with Crippen molar-refractivity contribution >= 4 is 16.8 Å². The van der Waals surface area contributed by atoms with E-state index in [9.17, 15) is 10.2 Å². The maximum absolute atomic E-state index is 9.76. The molecule has 0 bridgehead atoms. The van der Waals surface area contributed by atoms with Gasteiger partial charge in [0.15, 0.2) is 0 Å². The van der Waals surface area contributed by atoms with Crippen LogP contribution in [0.4, 0.5) is 5.69 Å². The number of phenols is 2. The van der Waals surface area contributed by atoms with Gasteiger partial charge in [-0.3, -0.25) is 0 Å². The maximum atomic E-state index is 9.76. The number of phenolic OH excluding ortho intramolecular Hbond substituents is 2. The monoisotopic (exact) mass is 383 g/mol. The van der Waals surface area contributed by atoms with Crippen LogP contribution in [0.2, 0.25) is 0 Å². The largest absolute Gasteiger partial charge is 0.508 e. The number of nitrogen functional groups attached to an aromatic ring is 1. The fraction of sp³-hybridized carbons (Fsp3) is 0.0417. The van der Waals surface area contributed by atoms with E-state index in [-0.39, 0.29) is 11.5 Å². The van der Waals surface area contributed by atoms with E-state index in [1.807, 2.05) is 59.3 Å². The number of hydrogen-bond acceptors (Lipinski definition) is 4. The second-order valence-corrected chi connectivity index (χ2v) is 6.80. The number of nitrogens with two attached hydrogens (primary N) is 1. The smallest absolute Gasteiger partial charge is 0.115 e. The molecule has 144 valence electrons. The van der Waals surface area contributed by atoms with Gasteiger partial charge >= 0.3 is 0 Å². The summed E-state index contributed by atoms with van der Waals surface area (Å²) in [5.41, 5.74) is 11.6. The van der Waals surface area contributed by atoms with Crippen molar-refractivity contribution in [2.45, 2.75) is 6.54 Å². The van der Waals surface area contributed by atoms with E-state index in [4.69, 9.17) is 5.73 Å². The molecule has 0 fully saturated rings. The van der Waals surface area contributed by atoms with Crippen molar-refractivity contribution in [3.05, 3.63) is 108 Å². The summed E-state index contributed by atoms with van der Waals surface area (Å²) in [6.07, 6.45) is 5.45. The molecule has 0 radical (unpaired) electrons. The first-order chi connectivity index (χ1) is 14.1. The Hall–Kier alpha value is -3.99. The fourth-order valence-corrected chi connectivity index (χ4v) is 3.33. The van der Waals surface area contributed by atoms with E-state index in [1.165, 1.54) is 0 Å². The summed E-state index contributed by atoms with van der Waals surface area (Å²) in [5.74, 6) is 0.421. The van der Waals surface area contributed by atoms with E-state index in [0.29, 0.717) is 12.2 Å². The second-order valence-electron chi connectivity index (χ2n) is 6.80. The summed E-state index contributed by atoms with van der Waals surface area (Å²) in [5, 5.41) is 19.5. The average molecular weight is 383 g/mol. The van der Waals surface area contributed by atoms with Gasteiger partial charge in [-0.2, -0.15) is 0 Å². The summed E-state index contributed by atoms with van der Waals surface area (Å²) in [4.78, 5) is 4.17. The van der Waals surface area contributed by atoms with Gasteiger partial charge in [-0.05, 0) is 64.2 Å². The van der Waals surface area contributed by atoms with E-state index in [0.717, 1.165) is 27.8 Å². The van der Waals surface area contributed by atoms with Gasteiger partial charge in [0.05, 0.1) is 6.33 Å². The van der Waals surface area contributed by atoms with Crippen molar-refractivity contribution in [1.29, 1.82) is 0 Å². The fourth-order valence-electron chi connectivity index (χ4n) is 3.33. The number of nitrogens with zero attached hydrogens (tertiary/aromatic N) is 2. The third kappa shape index (κ3) is 4.14. The molecule has 0 aliphatic rings. The molecule has 0 spiro atoms. The Balaban J connectivity index is 1.98. The first kappa shape index (κ1) is 18.4. The van der Waals surface area contributed by atoms with E-state index in [1.54, 1.807) is 36.8 Å². The van der Waals surface area contributed by atoms with Gasteiger partial charge < -0.3 is 20.5 Å². The Morgan fingerprint density at radius 3 is 1.76 bits per heavy atom. The van der Waals surface area contributed by atoms with Crippen molar-refractivity contribution < 1.29 is 10.2 Å². The minimum absolute atomic E-state index is 0.211. The molecule has 0 atom stereocenters. The highest BCUT2D eigenvalue weighted by Crippen LogP contribution is 2.35. The molecular weight excluding hydrogens is 362 g/mol. The van der Waals surface area contributed by atoms with E-state index >= 15 is 0 Å². The first-order valence-electron chi connectivity index (χ1n) is 9.24. The molecule has 29 heavy (non-hydrogen) atoms. The molecule has 4 N–H and O–H groups in total. The number of allylic oxidation sites excluding steroid dienone is 1. The zero-order valence-corrected chi connectivity index (χ0v) is 15.7. The van der Waals surface area contributed by atoms with Gasteiger partial charge in [-0.15, -0.1) is 0 Å². The number of imidazole rings is 1. The molecule has 0 unspecified atom stereocenters. The van der Waals surface area contributed by atoms with E-state index < -0.39 is 0 Å². The molecule has 1 aromatic heterocycles. The topological polar surface area (TPSA) is 84.3 Å². The molecule has 0 amide bonds. The lowest BCUT2D eigenvalue weighted by Gasteiger charge is -2.18. The van der Waals surface area contributed by atoms with Crippen LogP contribution in [0.5, 0.6) is 11.5 Å². The Kier molecular flexibility index (Phi) is 5.03. The lowest BCUT2D eigenvalue weighted by atomic mass is 9.89. The van der Waals surface area contributed by atoms with Crippen molar-refractivity contribution in [2.75, 3.05) is 5.73 Å². The number of benzene rings is 3. The highest BCUT2D eigenvalue weighted by atomic mass is 16.3. The quantitative estimate of drug-likeness (QED) is 0.349. The molecule has 4 aromatic rings. The summed E-state index contributed by atoms with van der Waals surface area (Å²) in [6.45, 7) is 0.598. The molecular formula is C24H21N3O2. The summed E-state index contributed by atoms with van der Waals surface area (Å²) in [7, 11) is 0. The molecule has 5 nitrogen and oxygen atoms in total. The number of rotatable bonds is 5. The van der Waals surface area contributed by atoms with E-state index in [2.05, 4.69) is 4.98 Å². The Bertz CT molecular complexity index is 1060. The molecule has 0 saturated carbocycles. The molecule has 5 heteroatoms. The predicted octanol–water partition coefficient (Wildman–Crippen LogP) is 4.54. The lowest BCUT2D eigenvalue weighted by Crippen LogP contribution is -2.03. The standard InChI is InChI=1S/C24H21N3O2/c25-20-7-1-17(2-8-20)23(15-27-14-13-26-16-27)24(18-3-9-21(28)10-4-18)19-5-11-22(29)12-6-19/h1-14,16,28-29H,15,25H2. The van der Waals surface area contributed by atoms with Gasteiger partial charge in [-0.1, -0.05) is 36.4 Å². The lowest BCUT2D eigenvalue weighted by molar-refractivity contribution is 0.475.